The van der Waals surface area contributed by atoms with Crippen molar-refractivity contribution in [3.63, 3.8) is 0 Å². The summed E-state index contributed by atoms with van der Waals surface area (Å²) < 4.78 is 5.74. The van der Waals surface area contributed by atoms with Crippen LogP contribution in [0.5, 0.6) is 0 Å². The van der Waals surface area contributed by atoms with E-state index in [9.17, 15) is 9.90 Å². The van der Waals surface area contributed by atoms with Gasteiger partial charge in [-0.15, -0.1) is 11.3 Å². The molecule has 1 N–H and O–H groups in total. The van der Waals surface area contributed by atoms with E-state index in [1.54, 1.807) is 0 Å². The molecule has 0 radical (unpaired) electrons. The molecule has 2 heterocycles. The molecule has 0 aliphatic carbocycles. The minimum absolute atomic E-state index is 0.0810. The van der Waals surface area contributed by atoms with E-state index >= 15 is 0 Å². The van der Waals surface area contributed by atoms with Crippen molar-refractivity contribution in [3.8, 4) is 10.6 Å². The van der Waals surface area contributed by atoms with Crippen molar-refractivity contribution in [2.75, 3.05) is 0 Å². The number of thiazole rings is 1. The van der Waals surface area contributed by atoms with E-state index < -0.39 is 5.97 Å². The second-order valence-corrected chi connectivity index (χ2v) is 5.57. The number of furan rings is 1. The van der Waals surface area contributed by atoms with Crippen molar-refractivity contribution in [1.29, 1.82) is 0 Å². The van der Waals surface area contributed by atoms with Crippen LogP contribution in [0.15, 0.2) is 34.7 Å². The molecule has 0 saturated heterocycles. The minimum Gasteiger partial charge on any atom is -0.476 e. The fourth-order valence-electron chi connectivity index (χ4n) is 2.09. The number of aromatic nitrogens is 1. The second-order valence-electron chi connectivity index (χ2n) is 4.49. The summed E-state index contributed by atoms with van der Waals surface area (Å²) in [5.74, 6) is -0.442. The van der Waals surface area contributed by atoms with Crippen LogP contribution in [0.2, 0.25) is 0 Å². The molecule has 0 spiro atoms. The van der Waals surface area contributed by atoms with Gasteiger partial charge in [0.2, 0.25) is 0 Å². The second kappa shape index (κ2) is 5.09. The van der Waals surface area contributed by atoms with Gasteiger partial charge in [-0.3, -0.25) is 0 Å². The number of carboxylic acids is 1. The molecular formula is C15H13NO3S. The van der Waals surface area contributed by atoms with E-state index in [1.165, 1.54) is 11.3 Å². The van der Waals surface area contributed by atoms with Crippen LogP contribution in [-0.2, 0) is 6.42 Å². The number of carbonyl (C=O) groups is 1. The van der Waals surface area contributed by atoms with E-state index in [4.69, 9.17) is 4.42 Å². The predicted octanol–water partition coefficient (Wildman–Crippen LogP) is 4.21. The maximum atomic E-state index is 11.3. The number of para-hydroxylation sites is 1. The molecule has 1 aromatic carbocycles. The molecule has 0 amide bonds. The van der Waals surface area contributed by atoms with Gasteiger partial charge in [0.25, 0.3) is 0 Å². The van der Waals surface area contributed by atoms with E-state index in [-0.39, 0.29) is 5.69 Å². The van der Waals surface area contributed by atoms with Gasteiger partial charge < -0.3 is 9.52 Å². The largest absolute Gasteiger partial charge is 0.476 e. The Kier molecular flexibility index (Phi) is 3.28. The summed E-state index contributed by atoms with van der Waals surface area (Å²) in [6, 6.07) is 9.49. The van der Waals surface area contributed by atoms with Crippen molar-refractivity contribution in [2.24, 2.45) is 0 Å². The Labute approximate surface area is 119 Å². The molecule has 0 unspecified atom stereocenters. The highest BCUT2D eigenvalue weighted by Gasteiger charge is 2.21. The maximum Gasteiger partial charge on any atom is 0.356 e. The van der Waals surface area contributed by atoms with Gasteiger partial charge in [-0.05, 0) is 25.0 Å². The average Bonchev–Trinajstić information content (AvgIpc) is 3.01. The summed E-state index contributed by atoms with van der Waals surface area (Å²) in [5, 5.41) is 11.1. The third-order valence-electron chi connectivity index (χ3n) is 2.99. The number of hydrogen-bond acceptors (Lipinski definition) is 4. The Morgan fingerprint density at radius 3 is 2.90 bits per heavy atom. The van der Waals surface area contributed by atoms with Gasteiger partial charge in [-0.1, -0.05) is 25.1 Å². The molecule has 3 aromatic rings. The van der Waals surface area contributed by atoms with Crippen molar-refractivity contribution in [2.45, 2.75) is 19.8 Å². The fourth-order valence-corrected chi connectivity index (χ4v) is 3.20. The van der Waals surface area contributed by atoms with Crippen molar-refractivity contribution in [3.05, 3.63) is 41.0 Å². The Morgan fingerprint density at radius 2 is 2.20 bits per heavy atom. The summed E-state index contributed by atoms with van der Waals surface area (Å²) in [5.41, 5.74) is 0.835. The quantitative estimate of drug-likeness (QED) is 0.780. The van der Waals surface area contributed by atoms with Crippen molar-refractivity contribution < 1.29 is 14.3 Å². The lowest BCUT2D eigenvalue weighted by Gasteiger charge is -1.92. The molecule has 102 valence electrons. The Balaban J connectivity index is 2.14. The van der Waals surface area contributed by atoms with Gasteiger partial charge in [-0.25, -0.2) is 9.78 Å². The zero-order valence-corrected chi connectivity index (χ0v) is 11.7. The van der Waals surface area contributed by atoms with Crippen molar-refractivity contribution in [1.82, 2.24) is 4.98 Å². The standard InChI is InChI=1S/C15H13NO3S/c1-2-5-12-16-13(15(17)18)14(20-12)11-8-9-6-3-4-7-10(9)19-11/h3-4,6-8H,2,5H2,1H3,(H,17,18). The van der Waals surface area contributed by atoms with Crippen LogP contribution in [0, 0.1) is 0 Å². The molecule has 2 aromatic heterocycles. The summed E-state index contributed by atoms with van der Waals surface area (Å²) in [7, 11) is 0. The zero-order chi connectivity index (χ0) is 14.1. The SMILES string of the molecule is CCCc1nc(C(=O)O)c(-c2cc3ccccc3o2)s1. The number of fused-ring (bicyclic) bond motifs is 1. The first-order chi connectivity index (χ1) is 9.69. The molecule has 0 aliphatic rings. The first-order valence-corrected chi connectivity index (χ1v) is 7.22. The number of benzene rings is 1. The van der Waals surface area contributed by atoms with Crippen molar-refractivity contribution >= 4 is 28.3 Å². The average molecular weight is 287 g/mol. The topological polar surface area (TPSA) is 63.3 Å². The van der Waals surface area contributed by atoms with Gasteiger partial charge >= 0.3 is 5.97 Å². The predicted molar refractivity (Wildman–Crippen MR) is 78.3 cm³/mol. The third kappa shape index (κ3) is 2.20. The molecular weight excluding hydrogens is 274 g/mol. The number of aryl methyl sites for hydroxylation is 1. The minimum atomic E-state index is -1.01. The molecule has 0 atom stereocenters. The molecule has 0 bridgehead atoms. The molecule has 0 fully saturated rings. The van der Waals surface area contributed by atoms with Crippen LogP contribution < -0.4 is 0 Å². The first-order valence-electron chi connectivity index (χ1n) is 6.41. The Bertz CT molecular complexity index is 739. The maximum absolute atomic E-state index is 11.3. The van der Waals surface area contributed by atoms with Crippen LogP contribution in [0.4, 0.5) is 0 Å². The van der Waals surface area contributed by atoms with Gasteiger partial charge in [0.05, 0.1) is 5.01 Å². The highest BCUT2D eigenvalue weighted by Crippen LogP contribution is 2.34. The number of rotatable bonds is 4. The smallest absolute Gasteiger partial charge is 0.356 e. The molecule has 3 rings (SSSR count). The Hall–Kier alpha value is -2.14. The third-order valence-corrected chi connectivity index (χ3v) is 4.12. The lowest BCUT2D eigenvalue weighted by Crippen LogP contribution is -1.98. The lowest BCUT2D eigenvalue weighted by molar-refractivity contribution is 0.0691. The fraction of sp³-hybridized carbons (Fsp3) is 0.200. The zero-order valence-electron chi connectivity index (χ0n) is 10.9. The van der Waals surface area contributed by atoms with Crippen LogP contribution in [0.3, 0.4) is 0 Å². The van der Waals surface area contributed by atoms with Crippen LogP contribution >= 0.6 is 11.3 Å². The highest BCUT2D eigenvalue weighted by molar-refractivity contribution is 7.15. The van der Waals surface area contributed by atoms with Gasteiger partial charge in [0.15, 0.2) is 5.69 Å². The summed E-state index contributed by atoms with van der Waals surface area (Å²) in [4.78, 5) is 16.1. The van der Waals surface area contributed by atoms with E-state index in [1.807, 2.05) is 37.3 Å². The number of carboxylic acid groups (broad SMARTS) is 1. The van der Waals surface area contributed by atoms with E-state index in [0.717, 1.165) is 28.8 Å². The number of hydrogen-bond donors (Lipinski definition) is 1. The molecule has 20 heavy (non-hydrogen) atoms. The normalized spacial score (nSPS) is 11.1. The molecule has 0 aliphatic heterocycles. The monoisotopic (exact) mass is 287 g/mol. The summed E-state index contributed by atoms with van der Waals surface area (Å²) >= 11 is 1.40. The molecule has 4 nitrogen and oxygen atoms in total. The highest BCUT2D eigenvalue weighted by atomic mass is 32.1. The number of aromatic carboxylic acids is 1. The van der Waals surface area contributed by atoms with E-state index in [0.29, 0.717) is 10.6 Å². The van der Waals surface area contributed by atoms with Gasteiger partial charge in [-0.2, -0.15) is 0 Å². The molecule has 0 saturated carbocycles. The number of nitrogens with zero attached hydrogens (tertiary/aromatic N) is 1. The first kappa shape index (κ1) is 12.9. The molecule has 5 heteroatoms. The Morgan fingerprint density at radius 1 is 1.40 bits per heavy atom. The summed E-state index contributed by atoms with van der Waals surface area (Å²) in [6.45, 7) is 2.04. The van der Waals surface area contributed by atoms with Crippen LogP contribution in [-0.4, -0.2) is 16.1 Å². The van der Waals surface area contributed by atoms with Gasteiger partial charge in [0, 0.05) is 5.39 Å². The van der Waals surface area contributed by atoms with Crippen LogP contribution in [0.1, 0.15) is 28.8 Å². The lowest BCUT2D eigenvalue weighted by atomic mass is 10.2. The van der Waals surface area contributed by atoms with Crippen LogP contribution in [0.25, 0.3) is 21.6 Å². The van der Waals surface area contributed by atoms with Gasteiger partial charge in [0.1, 0.15) is 16.2 Å². The van der Waals surface area contributed by atoms with E-state index in [2.05, 4.69) is 4.98 Å². The summed E-state index contributed by atoms with van der Waals surface area (Å²) in [6.07, 6.45) is 1.72.